The molecule has 0 unspecified atom stereocenters. The van der Waals surface area contributed by atoms with E-state index in [2.05, 4.69) is 15.0 Å². The Balaban J connectivity index is 2.80. The molecule has 0 bridgehead atoms. The summed E-state index contributed by atoms with van der Waals surface area (Å²) in [7, 11) is 1.48. The molecule has 13 heavy (non-hydrogen) atoms. The highest BCUT2D eigenvalue weighted by Crippen LogP contribution is 2.07. The number of aromatic nitrogens is 3. The third kappa shape index (κ3) is 1.24. The molecule has 0 radical (unpaired) electrons. The molecule has 1 N–H and O–H groups in total. The highest BCUT2D eigenvalue weighted by molar-refractivity contribution is 5.76. The number of ether oxygens (including phenoxy) is 1. The van der Waals surface area contributed by atoms with Crippen molar-refractivity contribution in [3.05, 3.63) is 28.8 Å². The first-order valence-corrected chi connectivity index (χ1v) is 3.69. The van der Waals surface area contributed by atoms with Crippen LogP contribution in [0.5, 0.6) is 6.01 Å². The molecule has 66 valence electrons. The van der Waals surface area contributed by atoms with Crippen molar-refractivity contribution < 1.29 is 4.74 Å². The Kier molecular flexibility index (Phi) is 1.70. The number of nitrogens with one attached hydrogen (secondary N) is 1. The minimum Gasteiger partial charge on any atom is -0.467 e. The molecule has 2 heterocycles. The third-order valence-corrected chi connectivity index (χ3v) is 1.68. The normalized spacial score (nSPS) is 10.2. The van der Waals surface area contributed by atoms with Gasteiger partial charge in [-0.2, -0.15) is 4.98 Å². The van der Waals surface area contributed by atoms with Crippen molar-refractivity contribution in [1.29, 1.82) is 0 Å². The number of hydrogen-bond acceptors (Lipinski definition) is 4. The van der Waals surface area contributed by atoms with Gasteiger partial charge in [0.1, 0.15) is 0 Å². The van der Waals surface area contributed by atoms with Gasteiger partial charge in [0, 0.05) is 12.4 Å². The molecule has 0 aliphatic heterocycles. The number of hydrogen-bond donors (Lipinski definition) is 1. The van der Waals surface area contributed by atoms with Crippen LogP contribution in [0.3, 0.4) is 0 Å². The Bertz CT molecular complexity index is 492. The fourth-order valence-corrected chi connectivity index (χ4v) is 1.05. The molecule has 0 fully saturated rings. The average molecular weight is 177 g/mol. The molecule has 5 nitrogen and oxygen atoms in total. The summed E-state index contributed by atoms with van der Waals surface area (Å²) < 4.78 is 4.83. The standard InChI is InChI=1S/C8H7N3O2/c1-13-8-10-4-5-6(11-8)2-3-9-7(5)12/h2-4H,1H3,(H,9,12). The van der Waals surface area contributed by atoms with Crippen LogP contribution in [-0.4, -0.2) is 22.1 Å². The molecule has 0 aliphatic carbocycles. The van der Waals surface area contributed by atoms with Gasteiger partial charge in [0.15, 0.2) is 0 Å². The second kappa shape index (κ2) is 2.85. The van der Waals surface area contributed by atoms with Crippen LogP contribution in [0.15, 0.2) is 23.3 Å². The van der Waals surface area contributed by atoms with E-state index < -0.39 is 0 Å². The maximum atomic E-state index is 11.2. The molecule has 2 rings (SSSR count). The monoisotopic (exact) mass is 177 g/mol. The minimum atomic E-state index is -0.194. The van der Waals surface area contributed by atoms with Crippen molar-refractivity contribution in [3.63, 3.8) is 0 Å². The maximum Gasteiger partial charge on any atom is 0.316 e. The Morgan fingerprint density at radius 1 is 1.54 bits per heavy atom. The molecule has 0 amide bonds. The van der Waals surface area contributed by atoms with E-state index in [1.807, 2.05) is 0 Å². The number of H-pyrrole nitrogens is 1. The van der Waals surface area contributed by atoms with Gasteiger partial charge in [-0.15, -0.1) is 0 Å². The first kappa shape index (κ1) is 7.72. The SMILES string of the molecule is COc1ncc2c(=O)[nH]ccc2n1. The molecule has 0 spiro atoms. The van der Waals surface area contributed by atoms with Gasteiger partial charge >= 0.3 is 6.01 Å². The van der Waals surface area contributed by atoms with Gasteiger partial charge in [-0.3, -0.25) is 4.79 Å². The van der Waals surface area contributed by atoms with Gasteiger partial charge in [0.25, 0.3) is 5.56 Å². The number of pyridine rings is 1. The van der Waals surface area contributed by atoms with Crippen LogP contribution in [0.4, 0.5) is 0 Å². The zero-order chi connectivity index (χ0) is 9.26. The number of nitrogens with zero attached hydrogens (tertiary/aromatic N) is 2. The van der Waals surface area contributed by atoms with Gasteiger partial charge in [-0.25, -0.2) is 4.98 Å². The predicted octanol–water partition coefficient (Wildman–Crippen LogP) is 0.327. The lowest BCUT2D eigenvalue weighted by Gasteiger charge is -1.97. The quantitative estimate of drug-likeness (QED) is 0.681. The second-order valence-electron chi connectivity index (χ2n) is 2.46. The van der Waals surface area contributed by atoms with E-state index in [-0.39, 0.29) is 11.6 Å². The van der Waals surface area contributed by atoms with Crippen molar-refractivity contribution in [2.24, 2.45) is 0 Å². The lowest BCUT2D eigenvalue weighted by molar-refractivity contribution is 0.382. The summed E-state index contributed by atoms with van der Waals surface area (Å²) in [5, 5.41) is 0.461. The second-order valence-corrected chi connectivity index (χ2v) is 2.46. The smallest absolute Gasteiger partial charge is 0.316 e. The first-order chi connectivity index (χ1) is 6.31. The Labute approximate surface area is 73.4 Å². The fourth-order valence-electron chi connectivity index (χ4n) is 1.05. The van der Waals surface area contributed by atoms with Crippen molar-refractivity contribution >= 4 is 10.9 Å². The van der Waals surface area contributed by atoms with Gasteiger partial charge < -0.3 is 9.72 Å². The van der Waals surface area contributed by atoms with E-state index in [1.54, 1.807) is 6.07 Å². The van der Waals surface area contributed by atoms with Crippen LogP contribution in [0.1, 0.15) is 0 Å². The summed E-state index contributed by atoms with van der Waals surface area (Å²) in [6.45, 7) is 0. The summed E-state index contributed by atoms with van der Waals surface area (Å²) in [6.07, 6.45) is 2.98. The molecule has 2 aromatic heterocycles. The Morgan fingerprint density at radius 2 is 2.38 bits per heavy atom. The van der Waals surface area contributed by atoms with Gasteiger partial charge in [0.05, 0.1) is 18.0 Å². The number of fused-ring (bicyclic) bond motifs is 1. The summed E-state index contributed by atoms with van der Waals surface area (Å²) >= 11 is 0. The van der Waals surface area contributed by atoms with Gasteiger partial charge in [0.2, 0.25) is 0 Å². The molecule has 2 aromatic rings. The van der Waals surface area contributed by atoms with E-state index in [0.717, 1.165) is 0 Å². The largest absolute Gasteiger partial charge is 0.467 e. The maximum absolute atomic E-state index is 11.2. The van der Waals surface area contributed by atoms with E-state index in [4.69, 9.17) is 4.74 Å². The van der Waals surface area contributed by atoms with Crippen molar-refractivity contribution in [2.75, 3.05) is 7.11 Å². The third-order valence-electron chi connectivity index (χ3n) is 1.68. The molecular weight excluding hydrogens is 170 g/mol. The summed E-state index contributed by atoms with van der Waals surface area (Å²) in [6, 6.07) is 1.96. The van der Waals surface area contributed by atoms with Crippen molar-refractivity contribution in [3.8, 4) is 6.01 Å². The Hall–Kier alpha value is -1.91. The number of rotatable bonds is 1. The Morgan fingerprint density at radius 3 is 3.15 bits per heavy atom. The van der Waals surface area contributed by atoms with Crippen LogP contribution in [-0.2, 0) is 0 Å². The summed E-state index contributed by atoms with van der Waals surface area (Å²) in [5.41, 5.74) is 0.385. The lowest BCUT2D eigenvalue weighted by atomic mass is 10.3. The minimum absolute atomic E-state index is 0.194. The van der Waals surface area contributed by atoms with Crippen LogP contribution in [0.25, 0.3) is 10.9 Å². The van der Waals surface area contributed by atoms with Crippen LogP contribution >= 0.6 is 0 Å². The molecule has 0 saturated heterocycles. The molecule has 0 atom stereocenters. The summed E-state index contributed by atoms with van der Waals surface area (Å²) in [5.74, 6) is 0. The molecule has 0 aromatic carbocycles. The van der Waals surface area contributed by atoms with Gasteiger partial charge in [-0.1, -0.05) is 0 Å². The van der Waals surface area contributed by atoms with Crippen molar-refractivity contribution in [1.82, 2.24) is 15.0 Å². The topological polar surface area (TPSA) is 67.9 Å². The lowest BCUT2D eigenvalue weighted by Crippen LogP contribution is -2.06. The molecule has 0 aliphatic rings. The van der Waals surface area contributed by atoms with E-state index in [1.165, 1.54) is 19.5 Å². The predicted molar refractivity (Wildman–Crippen MR) is 46.7 cm³/mol. The molecular formula is C8H7N3O2. The van der Waals surface area contributed by atoms with E-state index >= 15 is 0 Å². The average Bonchev–Trinajstić information content (AvgIpc) is 2.18. The highest BCUT2D eigenvalue weighted by Gasteiger charge is 2.01. The van der Waals surface area contributed by atoms with E-state index in [0.29, 0.717) is 10.9 Å². The van der Waals surface area contributed by atoms with Crippen molar-refractivity contribution in [2.45, 2.75) is 0 Å². The summed E-state index contributed by atoms with van der Waals surface area (Å²) in [4.78, 5) is 21.6. The van der Waals surface area contributed by atoms with E-state index in [9.17, 15) is 4.79 Å². The van der Waals surface area contributed by atoms with Crippen LogP contribution in [0, 0.1) is 0 Å². The van der Waals surface area contributed by atoms with Gasteiger partial charge in [-0.05, 0) is 6.07 Å². The van der Waals surface area contributed by atoms with Crippen LogP contribution in [0.2, 0.25) is 0 Å². The zero-order valence-electron chi connectivity index (χ0n) is 6.94. The molecule has 5 heteroatoms. The number of aromatic amines is 1. The zero-order valence-corrected chi connectivity index (χ0v) is 6.94. The highest BCUT2D eigenvalue weighted by atomic mass is 16.5. The number of methoxy groups -OCH3 is 1. The van der Waals surface area contributed by atoms with Crippen LogP contribution < -0.4 is 10.3 Å². The first-order valence-electron chi connectivity index (χ1n) is 3.69. The molecule has 0 saturated carbocycles. The fraction of sp³-hybridized carbons (Fsp3) is 0.125.